The van der Waals surface area contributed by atoms with Gasteiger partial charge in [0.15, 0.2) is 0 Å². The first kappa shape index (κ1) is 15.5. The van der Waals surface area contributed by atoms with Crippen molar-refractivity contribution in [2.45, 2.75) is 13.8 Å². The second kappa shape index (κ2) is 6.71. The molecule has 6 heteroatoms. The van der Waals surface area contributed by atoms with E-state index in [0.29, 0.717) is 17.1 Å². The minimum atomic E-state index is -0.378. The summed E-state index contributed by atoms with van der Waals surface area (Å²) in [4.78, 5) is 22.2. The molecule has 0 aliphatic heterocycles. The van der Waals surface area contributed by atoms with Gasteiger partial charge in [0.05, 0.1) is 18.9 Å². The van der Waals surface area contributed by atoms with Gasteiger partial charge in [-0.25, -0.2) is 10.2 Å². The first-order valence-electron chi connectivity index (χ1n) is 6.60. The molecular weight excluding hydrogens is 284 g/mol. The lowest BCUT2D eigenvalue weighted by Crippen LogP contribution is -2.12. The number of furan rings is 1. The molecule has 0 radical (unpaired) electrons. The molecule has 0 atom stereocenters. The Kier molecular flexibility index (Phi) is 4.73. The van der Waals surface area contributed by atoms with Crippen LogP contribution >= 0.6 is 0 Å². The maximum Gasteiger partial charge on any atom is 0.337 e. The van der Waals surface area contributed by atoms with Crippen molar-refractivity contribution < 1.29 is 18.7 Å². The van der Waals surface area contributed by atoms with Gasteiger partial charge in [-0.15, -0.1) is 0 Å². The number of hydrogen-bond acceptors (Lipinski definition) is 5. The van der Waals surface area contributed by atoms with E-state index in [1.54, 1.807) is 30.3 Å². The van der Waals surface area contributed by atoms with E-state index in [-0.39, 0.29) is 11.9 Å². The van der Waals surface area contributed by atoms with E-state index >= 15 is 0 Å². The highest BCUT2D eigenvalue weighted by Gasteiger charge is 2.11. The first-order chi connectivity index (χ1) is 10.5. The fourth-order valence-corrected chi connectivity index (χ4v) is 1.94. The molecule has 0 aliphatic carbocycles. The van der Waals surface area contributed by atoms with E-state index in [1.807, 2.05) is 6.92 Å². The van der Waals surface area contributed by atoms with Crippen molar-refractivity contribution in [3.8, 4) is 11.3 Å². The van der Waals surface area contributed by atoms with Gasteiger partial charge < -0.3 is 9.15 Å². The highest BCUT2D eigenvalue weighted by Crippen LogP contribution is 2.26. The smallest absolute Gasteiger partial charge is 0.337 e. The Hall–Kier alpha value is -2.89. The van der Waals surface area contributed by atoms with Gasteiger partial charge in [0.2, 0.25) is 5.91 Å². The minimum absolute atomic E-state index is 0.253. The zero-order valence-electron chi connectivity index (χ0n) is 12.5. The SMILES string of the molecule is COC(=O)c1ccc(-c2ccc(/C=N\NC(C)=O)o2)c(C)c1. The average Bonchev–Trinajstić information content (AvgIpc) is 2.94. The number of esters is 1. The van der Waals surface area contributed by atoms with Crippen LogP contribution in [-0.4, -0.2) is 25.2 Å². The molecule has 0 fully saturated rings. The standard InChI is InChI=1S/C16H16N2O4/c1-10-8-12(16(20)21-3)4-6-14(10)15-7-5-13(22-15)9-17-18-11(2)19/h4-9H,1-3H3,(H,18,19)/b17-9-. The Labute approximate surface area is 127 Å². The Balaban J connectivity index is 2.22. The van der Waals surface area contributed by atoms with Gasteiger partial charge in [-0.1, -0.05) is 6.07 Å². The van der Waals surface area contributed by atoms with Crippen LogP contribution in [0.3, 0.4) is 0 Å². The number of hydrogen-bond donors (Lipinski definition) is 1. The molecule has 0 spiro atoms. The molecule has 1 heterocycles. The molecular formula is C16H16N2O4. The predicted molar refractivity (Wildman–Crippen MR) is 81.6 cm³/mol. The lowest BCUT2D eigenvalue weighted by atomic mass is 10.0. The molecule has 0 saturated carbocycles. The van der Waals surface area contributed by atoms with Crippen LogP contribution in [0.4, 0.5) is 0 Å². The number of benzene rings is 1. The summed E-state index contributed by atoms with van der Waals surface area (Å²) < 4.78 is 10.3. The van der Waals surface area contributed by atoms with Crippen molar-refractivity contribution in [3.63, 3.8) is 0 Å². The third-order valence-electron chi connectivity index (χ3n) is 2.95. The second-order valence-electron chi connectivity index (χ2n) is 4.65. The van der Waals surface area contributed by atoms with Gasteiger partial charge in [-0.2, -0.15) is 5.10 Å². The molecule has 6 nitrogen and oxygen atoms in total. The summed E-state index contributed by atoms with van der Waals surface area (Å²) >= 11 is 0. The summed E-state index contributed by atoms with van der Waals surface area (Å²) in [6.45, 7) is 3.26. The molecule has 2 aromatic rings. The lowest BCUT2D eigenvalue weighted by Gasteiger charge is -2.05. The molecule has 1 aromatic carbocycles. The summed E-state index contributed by atoms with van der Waals surface area (Å²) in [5, 5.41) is 3.74. The van der Waals surface area contributed by atoms with Crippen LogP contribution in [0.25, 0.3) is 11.3 Å². The van der Waals surface area contributed by atoms with Crippen LogP contribution in [-0.2, 0) is 9.53 Å². The highest BCUT2D eigenvalue weighted by atomic mass is 16.5. The number of aryl methyl sites for hydroxylation is 1. The second-order valence-corrected chi connectivity index (χ2v) is 4.65. The molecule has 22 heavy (non-hydrogen) atoms. The van der Waals surface area contributed by atoms with Crippen LogP contribution in [0.5, 0.6) is 0 Å². The Morgan fingerprint density at radius 1 is 1.27 bits per heavy atom. The number of nitrogens with one attached hydrogen (secondary N) is 1. The number of carbonyl (C=O) groups excluding carboxylic acids is 2. The zero-order valence-corrected chi connectivity index (χ0v) is 12.5. The van der Waals surface area contributed by atoms with Crippen molar-refractivity contribution in [2.75, 3.05) is 7.11 Å². The number of methoxy groups -OCH3 is 1. The van der Waals surface area contributed by atoms with E-state index in [0.717, 1.165) is 11.1 Å². The third-order valence-corrected chi connectivity index (χ3v) is 2.95. The number of nitrogens with zero attached hydrogens (tertiary/aromatic N) is 1. The van der Waals surface area contributed by atoms with E-state index < -0.39 is 0 Å². The molecule has 114 valence electrons. The third kappa shape index (κ3) is 3.60. The maximum absolute atomic E-state index is 11.5. The average molecular weight is 300 g/mol. The maximum atomic E-state index is 11.5. The van der Waals surface area contributed by atoms with Gasteiger partial charge in [0.1, 0.15) is 11.5 Å². The van der Waals surface area contributed by atoms with E-state index in [2.05, 4.69) is 10.5 Å². The van der Waals surface area contributed by atoms with E-state index in [4.69, 9.17) is 9.15 Å². The monoisotopic (exact) mass is 300 g/mol. The molecule has 1 N–H and O–H groups in total. The first-order valence-corrected chi connectivity index (χ1v) is 6.60. The van der Waals surface area contributed by atoms with Crippen molar-refractivity contribution >= 4 is 18.1 Å². The number of hydrazone groups is 1. The topological polar surface area (TPSA) is 80.9 Å². The number of rotatable bonds is 4. The quantitative estimate of drug-likeness (QED) is 0.534. The molecule has 0 saturated heterocycles. The van der Waals surface area contributed by atoms with Crippen molar-refractivity contribution in [3.05, 3.63) is 47.2 Å². The number of amides is 1. The van der Waals surface area contributed by atoms with Gasteiger partial charge in [0, 0.05) is 12.5 Å². The molecule has 1 amide bonds. The summed E-state index contributed by atoms with van der Waals surface area (Å²) in [6.07, 6.45) is 1.42. The van der Waals surface area contributed by atoms with Crippen LogP contribution in [0, 0.1) is 6.92 Å². The van der Waals surface area contributed by atoms with Crippen molar-refractivity contribution in [1.82, 2.24) is 5.43 Å². The number of ether oxygens (including phenoxy) is 1. The van der Waals surface area contributed by atoms with Crippen LogP contribution < -0.4 is 5.43 Å². The Bertz CT molecular complexity index is 731. The summed E-state index contributed by atoms with van der Waals surface area (Å²) in [6, 6.07) is 8.77. The predicted octanol–water partition coefficient (Wildman–Crippen LogP) is 2.51. The molecule has 1 aromatic heterocycles. The Morgan fingerprint density at radius 2 is 2.05 bits per heavy atom. The molecule has 2 rings (SSSR count). The van der Waals surface area contributed by atoms with Crippen LogP contribution in [0.2, 0.25) is 0 Å². The minimum Gasteiger partial charge on any atom is -0.465 e. The Morgan fingerprint density at radius 3 is 2.68 bits per heavy atom. The van der Waals surface area contributed by atoms with Gasteiger partial charge >= 0.3 is 5.97 Å². The fourth-order valence-electron chi connectivity index (χ4n) is 1.94. The summed E-state index contributed by atoms with van der Waals surface area (Å²) in [7, 11) is 1.35. The summed E-state index contributed by atoms with van der Waals surface area (Å²) in [5.41, 5.74) is 4.55. The zero-order chi connectivity index (χ0) is 16.1. The number of carbonyl (C=O) groups is 2. The fraction of sp³-hybridized carbons (Fsp3) is 0.188. The van der Waals surface area contributed by atoms with Crippen LogP contribution in [0.1, 0.15) is 28.6 Å². The molecule has 0 aliphatic rings. The molecule has 0 unspecified atom stereocenters. The summed E-state index contributed by atoms with van der Waals surface area (Å²) in [5.74, 6) is 0.535. The van der Waals surface area contributed by atoms with E-state index in [9.17, 15) is 9.59 Å². The van der Waals surface area contributed by atoms with Crippen molar-refractivity contribution in [2.24, 2.45) is 5.10 Å². The largest absolute Gasteiger partial charge is 0.465 e. The highest BCUT2D eigenvalue weighted by molar-refractivity contribution is 5.90. The van der Waals surface area contributed by atoms with Gasteiger partial charge in [-0.05, 0) is 36.8 Å². The van der Waals surface area contributed by atoms with E-state index in [1.165, 1.54) is 20.2 Å². The normalized spacial score (nSPS) is 10.7. The lowest BCUT2D eigenvalue weighted by molar-refractivity contribution is -0.118. The molecule has 0 bridgehead atoms. The van der Waals surface area contributed by atoms with Crippen LogP contribution in [0.15, 0.2) is 39.9 Å². The van der Waals surface area contributed by atoms with Crippen molar-refractivity contribution in [1.29, 1.82) is 0 Å². The van der Waals surface area contributed by atoms with Gasteiger partial charge in [-0.3, -0.25) is 4.79 Å². The van der Waals surface area contributed by atoms with Gasteiger partial charge in [0.25, 0.3) is 0 Å².